The fraction of sp³-hybridized carbons (Fsp3) is 0.385. The van der Waals surface area contributed by atoms with Crippen molar-refractivity contribution in [3.63, 3.8) is 0 Å². The predicted molar refractivity (Wildman–Crippen MR) is 76.8 cm³/mol. The molecule has 1 unspecified atom stereocenters. The van der Waals surface area contributed by atoms with E-state index in [1.165, 1.54) is 18.5 Å². The zero-order valence-electron chi connectivity index (χ0n) is 12.1. The van der Waals surface area contributed by atoms with Crippen LogP contribution in [0.3, 0.4) is 0 Å². The quantitative estimate of drug-likeness (QED) is 0.845. The van der Waals surface area contributed by atoms with Crippen molar-refractivity contribution in [2.24, 2.45) is 7.05 Å². The lowest BCUT2D eigenvalue weighted by molar-refractivity contribution is 0.280. The zero-order valence-corrected chi connectivity index (χ0v) is 12.9. The van der Waals surface area contributed by atoms with E-state index in [-0.39, 0.29) is 11.5 Å². The largest absolute Gasteiger partial charge is 0.392 e. The van der Waals surface area contributed by atoms with Crippen LogP contribution in [0.15, 0.2) is 29.4 Å². The molecule has 0 amide bonds. The average molecular weight is 310 g/mol. The highest BCUT2D eigenvalue weighted by molar-refractivity contribution is 7.89. The molecule has 0 saturated carbocycles. The molecule has 0 bridgehead atoms. The van der Waals surface area contributed by atoms with Crippen molar-refractivity contribution in [2.45, 2.75) is 31.4 Å². The molecule has 2 N–H and O–H groups in total. The first-order valence-corrected chi connectivity index (χ1v) is 7.90. The molecule has 2 rings (SSSR count). The van der Waals surface area contributed by atoms with Crippen molar-refractivity contribution in [3.8, 4) is 0 Å². The Morgan fingerprint density at radius 2 is 2.14 bits per heavy atom. The summed E-state index contributed by atoms with van der Waals surface area (Å²) in [6.45, 7) is 3.31. The van der Waals surface area contributed by atoms with Gasteiger partial charge in [0, 0.05) is 7.05 Å². The van der Waals surface area contributed by atoms with Crippen LogP contribution < -0.4 is 4.72 Å². The van der Waals surface area contributed by atoms with Gasteiger partial charge in [-0.1, -0.05) is 6.07 Å². The van der Waals surface area contributed by atoms with Crippen molar-refractivity contribution in [2.75, 3.05) is 0 Å². The molecule has 0 fully saturated rings. The number of nitrogens with zero attached hydrogens (tertiary/aromatic N) is 3. The summed E-state index contributed by atoms with van der Waals surface area (Å²) in [6, 6.07) is 4.15. The molecule has 0 spiro atoms. The maximum atomic E-state index is 12.4. The van der Waals surface area contributed by atoms with Crippen LogP contribution in [0.2, 0.25) is 0 Å². The third-order valence-corrected chi connectivity index (χ3v) is 4.81. The number of aliphatic hydroxyl groups excluding tert-OH is 1. The van der Waals surface area contributed by atoms with Gasteiger partial charge in [-0.05, 0) is 37.1 Å². The van der Waals surface area contributed by atoms with E-state index in [2.05, 4.69) is 14.9 Å². The molecule has 0 saturated heterocycles. The number of rotatable bonds is 5. The number of aromatic nitrogens is 3. The van der Waals surface area contributed by atoms with Crippen LogP contribution in [0, 0.1) is 6.92 Å². The summed E-state index contributed by atoms with van der Waals surface area (Å²) in [5.41, 5.74) is 1.43. The van der Waals surface area contributed by atoms with Crippen LogP contribution >= 0.6 is 0 Å². The first-order chi connectivity index (χ1) is 9.85. The van der Waals surface area contributed by atoms with Crippen molar-refractivity contribution in [1.82, 2.24) is 19.5 Å². The Kier molecular flexibility index (Phi) is 4.40. The van der Waals surface area contributed by atoms with E-state index in [1.54, 1.807) is 24.6 Å². The SMILES string of the molecule is Cc1ccc(S(=O)(=O)NC(C)c2nncn2C)cc1CO. The summed E-state index contributed by atoms with van der Waals surface area (Å²) in [4.78, 5) is 0.117. The van der Waals surface area contributed by atoms with Gasteiger partial charge < -0.3 is 9.67 Å². The molecule has 0 radical (unpaired) electrons. The molecule has 7 nitrogen and oxygen atoms in total. The van der Waals surface area contributed by atoms with Crippen LogP contribution in [-0.4, -0.2) is 28.3 Å². The minimum absolute atomic E-state index is 0.117. The molecule has 114 valence electrons. The maximum absolute atomic E-state index is 12.4. The van der Waals surface area contributed by atoms with Gasteiger partial charge in [-0.15, -0.1) is 10.2 Å². The van der Waals surface area contributed by atoms with Gasteiger partial charge in [0.1, 0.15) is 12.2 Å². The fourth-order valence-corrected chi connectivity index (χ4v) is 3.27. The Morgan fingerprint density at radius 1 is 1.43 bits per heavy atom. The zero-order chi connectivity index (χ0) is 15.6. The Labute approximate surface area is 123 Å². The second kappa shape index (κ2) is 5.92. The Bertz CT molecular complexity index is 740. The number of aliphatic hydroxyl groups is 1. The van der Waals surface area contributed by atoms with E-state index in [1.807, 2.05) is 6.92 Å². The third kappa shape index (κ3) is 3.29. The lowest BCUT2D eigenvalue weighted by atomic mass is 10.1. The Hall–Kier alpha value is -1.77. The molecular weight excluding hydrogens is 292 g/mol. The monoisotopic (exact) mass is 310 g/mol. The van der Waals surface area contributed by atoms with E-state index in [4.69, 9.17) is 0 Å². The summed E-state index contributed by atoms with van der Waals surface area (Å²) in [6.07, 6.45) is 1.51. The van der Waals surface area contributed by atoms with E-state index in [9.17, 15) is 13.5 Å². The minimum Gasteiger partial charge on any atom is -0.392 e. The van der Waals surface area contributed by atoms with E-state index in [0.29, 0.717) is 11.4 Å². The fourth-order valence-electron chi connectivity index (χ4n) is 2.02. The van der Waals surface area contributed by atoms with E-state index < -0.39 is 16.1 Å². The van der Waals surface area contributed by atoms with E-state index in [0.717, 1.165) is 5.56 Å². The number of nitrogens with one attached hydrogen (secondary N) is 1. The summed E-state index contributed by atoms with van der Waals surface area (Å²) < 4.78 is 29.0. The van der Waals surface area contributed by atoms with Crippen molar-refractivity contribution < 1.29 is 13.5 Å². The summed E-state index contributed by atoms with van der Waals surface area (Å²) in [5.74, 6) is 0.521. The summed E-state index contributed by atoms with van der Waals surface area (Å²) in [5, 5.41) is 16.9. The van der Waals surface area contributed by atoms with Crippen LogP contribution in [0.5, 0.6) is 0 Å². The van der Waals surface area contributed by atoms with E-state index >= 15 is 0 Å². The standard InChI is InChI=1S/C13H18N4O3S/c1-9-4-5-12(6-11(9)7-18)21(19,20)16-10(2)13-15-14-8-17(13)3/h4-6,8,10,16,18H,7H2,1-3H3. The van der Waals surface area contributed by atoms with Crippen molar-refractivity contribution in [3.05, 3.63) is 41.5 Å². The summed E-state index contributed by atoms with van der Waals surface area (Å²) in [7, 11) is -1.95. The number of sulfonamides is 1. The summed E-state index contributed by atoms with van der Waals surface area (Å²) >= 11 is 0. The number of hydrogen-bond donors (Lipinski definition) is 2. The van der Waals surface area contributed by atoms with Gasteiger partial charge in [-0.3, -0.25) is 0 Å². The predicted octanol–water partition coefficient (Wildman–Crippen LogP) is 0.655. The molecule has 21 heavy (non-hydrogen) atoms. The highest BCUT2D eigenvalue weighted by Crippen LogP contribution is 2.18. The highest BCUT2D eigenvalue weighted by atomic mass is 32.2. The molecule has 1 atom stereocenters. The van der Waals surface area contributed by atoms with Crippen LogP contribution in [-0.2, 0) is 23.7 Å². The molecule has 1 aromatic heterocycles. The molecule has 0 aliphatic rings. The minimum atomic E-state index is -3.69. The molecule has 1 aromatic carbocycles. The van der Waals surface area contributed by atoms with Crippen molar-refractivity contribution in [1.29, 1.82) is 0 Å². The molecule has 8 heteroatoms. The van der Waals surface area contributed by atoms with Crippen molar-refractivity contribution >= 4 is 10.0 Å². The highest BCUT2D eigenvalue weighted by Gasteiger charge is 2.21. The maximum Gasteiger partial charge on any atom is 0.241 e. The van der Waals surface area contributed by atoms with Gasteiger partial charge in [0.15, 0.2) is 0 Å². The molecule has 1 heterocycles. The Balaban J connectivity index is 2.28. The van der Waals surface area contributed by atoms with Gasteiger partial charge in [-0.25, -0.2) is 13.1 Å². The van der Waals surface area contributed by atoms with Crippen LogP contribution in [0.25, 0.3) is 0 Å². The van der Waals surface area contributed by atoms with Gasteiger partial charge in [-0.2, -0.15) is 0 Å². The molecular formula is C13H18N4O3S. The average Bonchev–Trinajstić information content (AvgIpc) is 2.85. The van der Waals surface area contributed by atoms with Gasteiger partial charge in [0.25, 0.3) is 0 Å². The number of aryl methyl sites for hydroxylation is 2. The van der Waals surface area contributed by atoms with Crippen LogP contribution in [0.1, 0.15) is 29.9 Å². The van der Waals surface area contributed by atoms with Gasteiger partial charge in [0.2, 0.25) is 10.0 Å². The topological polar surface area (TPSA) is 97.1 Å². The van der Waals surface area contributed by atoms with Crippen LogP contribution in [0.4, 0.5) is 0 Å². The van der Waals surface area contributed by atoms with Gasteiger partial charge >= 0.3 is 0 Å². The number of hydrogen-bond acceptors (Lipinski definition) is 5. The lowest BCUT2D eigenvalue weighted by Gasteiger charge is -2.14. The lowest BCUT2D eigenvalue weighted by Crippen LogP contribution is -2.28. The third-order valence-electron chi connectivity index (χ3n) is 3.27. The molecule has 0 aliphatic carbocycles. The molecule has 2 aromatic rings. The Morgan fingerprint density at radius 3 is 2.71 bits per heavy atom. The molecule has 0 aliphatic heterocycles. The smallest absolute Gasteiger partial charge is 0.241 e. The number of benzene rings is 1. The second-order valence-corrected chi connectivity index (χ2v) is 6.60. The van der Waals surface area contributed by atoms with Gasteiger partial charge in [0.05, 0.1) is 17.5 Å². The second-order valence-electron chi connectivity index (χ2n) is 4.89. The first-order valence-electron chi connectivity index (χ1n) is 6.41. The first kappa shape index (κ1) is 15.6. The normalized spacial score (nSPS) is 13.3.